The summed E-state index contributed by atoms with van der Waals surface area (Å²) in [7, 11) is 0. The molecule has 6 nitrogen and oxygen atoms in total. The summed E-state index contributed by atoms with van der Waals surface area (Å²) in [6, 6.07) is 17.3. The molecule has 0 aliphatic rings. The van der Waals surface area contributed by atoms with Gasteiger partial charge in [0.05, 0.1) is 12.3 Å². The Kier molecular flexibility index (Phi) is 4.94. The fraction of sp³-hybridized carbons (Fsp3) is 0.111. The van der Waals surface area contributed by atoms with Gasteiger partial charge >= 0.3 is 6.09 Å². The molecule has 7 heteroatoms. The summed E-state index contributed by atoms with van der Waals surface area (Å²) in [5.41, 5.74) is 0.572. The lowest BCUT2D eigenvalue weighted by molar-refractivity contribution is 0.215. The number of benzene rings is 2. The number of nitrogens with zero attached hydrogens (tertiary/aromatic N) is 2. The van der Waals surface area contributed by atoms with Crippen molar-refractivity contribution in [2.45, 2.75) is 6.92 Å². The quantitative estimate of drug-likeness (QED) is 0.761. The fourth-order valence-electron chi connectivity index (χ4n) is 2.19. The number of carbonyl (C=O) groups is 1. The molecule has 0 unspecified atom stereocenters. The van der Waals surface area contributed by atoms with E-state index in [-0.39, 0.29) is 18.3 Å². The standard InChI is InChI=1S/C18H16FN3O3/c1-2-24-17-15(19)16(22(21-17)13-9-5-3-6-10-13)20-18(23)25-14-11-7-4-8-12-14/h3-12H,2H2,1H3,(H,20,23). The first kappa shape index (κ1) is 16.5. The van der Waals surface area contributed by atoms with Gasteiger partial charge in [-0.25, -0.2) is 9.48 Å². The monoisotopic (exact) mass is 341 g/mol. The topological polar surface area (TPSA) is 65.4 Å². The molecule has 2 aromatic carbocycles. The number of hydrogen-bond donors (Lipinski definition) is 1. The molecule has 1 N–H and O–H groups in total. The van der Waals surface area contributed by atoms with Crippen LogP contribution < -0.4 is 14.8 Å². The van der Waals surface area contributed by atoms with Crippen LogP contribution in [-0.4, -0.2) is 22.5 Å². The van der Waals surface area contributed by atoms with E-state index in [0.717, 1.165) is 0 Å². The van der Waals surface area contributed by atoms with Crippen LogP contribution in [-0.2, 0) is 0 Å². The van der Waals surface area contributed by atoms with Gasteiger partial charge in [0.15, 0.2) is 5.82 Å². The zero-order valence-corrected chi connectivity index (χ0v) is 13.5. The third-order valence-electron chi connectivity index (χ3n) is 3.25. The van der Waals surface area contributed by atoms with Crippen LogP contribution in [0.25, 0.3) is 5.69 Å². The molecule has 0 saturated heterocycles. The van der Waals surface area contributed by atoms with Gasteiger partial charge in [0.1, 0.15) is 5.75 Å². The highest BCUT2D eigenvalue weighted by atomic mass is 19.1. The van der Waals surface area contributed by atoms with Crippen molar-refractivity contribution in [3.63, 3.8) is 0 Å². The highest BCUT2D eigenvalue weighted by Crippen LogP contribution is 2.27. The number of aromatic nitrogens is 2. The van der Waals surface area contributed by atoms with Crippen molar-refractivity contribution in [2.75, 3.05) is 11.9 Å². The molecule has 1 heterocycles. The Bertz CT molecular complexity index is 851. The van der Waals surface area contributed by atoms with Crippen molar-refractivity contribution < 1.29 is 18.7 Å². The number of anilines is 1. The van der Waals surface area contributed by atoms with E-state index in [1.54, 1.807) is 61.5 Å². The summed E-state index contributed by atoms with van der Waals surface area (Å²) < 4.78 is 26.2. The Morgan fingerprint density at radius 2 is 1.76 bits per heavy atom. The van der Waals surface area contributed by atoms with Crippen LogP contribution in [0.5, 0.6) is 11.6 Å². The van der Waals surface area contributed by atoms with Crippen molar-refractivity contribution >= 4 is 11.9 Å². The van der Waals surface area contributed by atoms with Gasteiger partial charge in [-0.2, -0.15) is 4.39 Å². The fourth-order valence-corrected chi connectivity index (χ4v) is 2.19. The molecule has 0 spiro atoms. The number of amides is 1. The molecule has 0 bridgehead atoms. The first-order valence-electron chi connectivity index (χ1n) is 7.69. The van der Waals surface area contributed by atoms with Crippen molar-refractivity contribution in [1.82, 2.24) is 9.78 Å². The van der Waals surface area contributed by atoms with Gasteiger partial charge < -0.3 is 9.47 Å². The summed E-state index contributed by atoms with van der Waals surface area (Å²) in [5, 5.41) is 6.47. The average molecular weight is 341 g/mol. The SMILES string of the molecule is CCOc1nn(-c2ccccc2)c(NC(=O)Oc2ccccc2)c1F. The minimum Gasteiger partial charge on any atom is -0.475 e. The van der Waals surface area contributed by atoms with Crippen LogP contribution in [0.2, 0.25) is 0 Å². The van der Waals surface area contributed by atoms with Crippen LogP contribution in [0, 0.1) is 5.82 Å². The maximum atomic E-state index is 14.6. The number of ether oxygens (including phenoxy) is 2. The molecule has 1 aromatic heterocycles. The van der Waals surface area contributed by atoms with E-state index in [2.05, 4.69) is 10.4 Å². The van der Waals surface area contributed by atoms with E-state index in [0.29, 0.717) is 11.4 Å². The first-order chi connectivity index (χ1) is 12.2. The molecular weight excluding hydrogens is 325 g/mol. The Morgan fingerprint density at radius 3 is 2.40 bits per heavy atom. The zero-order chi connectivity index (χ0) is 17.6. The first-order valence-corrected chi connectivity index (χ1v) is 7.69. The number of hydrogen-bond acceptors (Lipinski definition) is 4. The van der Waals surface area contributed by atoms with Crippen LogP contribution in [0.15, 0.2) is 60.7 Å². The van der Waals surface area contributed by atoms with Crippen molar-refractivity contribution in [3.8, 4) is 17.3 Å². The molecule has 25 heavy (non-hydrogen) atoms. The number of halogens is 1. The molecule has 0 aliphatic carbocycles. The van der Waals surface area contributed by atoms with Gasteiger partial charge in [0, 0.05) is 0 Å². The summed E-state index contributed by atoms with van der Waals surface area (Å²) in [4.78, 5) is 12.1. The van der Waals surface area contributed by atoms with E-state index in [4.69, 9.17) is 9.47 Å². The van der Waals surface area contributed by atoms with Crippen molar-refractivity contribution in [2.24, 2.45) is 0 Å². The summed E-state index contributed by atoms with van der Waals surface area (Å²) >= 11 is 0. The minimum absolute atomic E-state index is 0.157. The van der Waals surface area contributed by atoms with E-state index in [1.807, 2.05) is 6.07 Å². The third-order valence-corrected chi connectivity index (χ3v) is 3.25. The molecule has 1 amide bonds. The van der Waals surface area contributed by atoms with E-state index in [9.17, 15) is 9.18 Å². The number of para-hydroxylation sites is 2. The van der Waals surface area contributed by atoms with Crippen LogP contribution >= 0.6 is 0 Å². The largest absolute Gasteiger partial charge is 0.475 e. The van der Waals surface area contributed by atoms with Crippen molar-refractivity contribution in [3.05, 3.63) is 66.5 Å². The predicted octanol–water partition coefficient (Wildman–Crippen LogP) is 4.02. The van der Waals surface area contributed by atoms with Gasteiger partial charge in [0.2, 0.25) is 5.82 Å². The summed E-state index contributed by atoms with van der Waals surface area (Å²) in [6.07, 6.45) is -0.828. The number of rotatable bonds is 5. The lowest BCUT2D eigenvalue weighted by Gasteiger charge is -2.09. The molecule has 3 rings (SSSR count). The second kappa shape index (κ2) is 7.48. The van der Waals surface area contributed by atoms with Crippen LogP contribution in [0.3, 0.4) is 0 Å². The molecular formula is C18H16FN3O3. The van der Waals surface area contributed by atoms with Gasteiger partial charge in [-0.15, -0.1) is 5.10 Å². The second-order valence-corrected chi connectivity index (χ2v) is 4.98. The number of nitrogens with one attached hydrogen (secondary N) is 1. The molecule has 0 atom stereocenters. The highest BCUT2D eigenvalue weighted by Gasteiger charge is 2.22. The minimum atomic E-state index is -0.828. The second-order valence-electron chi connectivity index (χ2n) is 4.98. The van der Waals surface area contributed by atoms with E-state index < -0.39 is 11.9 Å². The highest BCUT2D eigenvalue weighted by molar-refractivity contribution is 5.86. The maximum absolute atomic E-state index is 14.6. The maximum Gasteiger partial charge on any atom is 0.418 e. The summed E-state index contributed by atoms with van der Waals surface area (Å²) in [5.74, 6) is -0.774. The van der Waals surface area contributed by atoms with Gasteiger partial charge in [-0.1, -0.05) is 36.4 Å². The normalized spacial score (nSPS) is 10.3. The third kappa shape index (κ3) is 3.77. The smallest absolute Gasteiger partial charge is 0.418 e. The Hall–Kier alpha value is -3.35. The average Bonchev–Trinajstić information content (AvgIpc) is 2.93. The lowest BCUT2D eigenvalue weighted by atomic mass is 10.3. The Morgan fingerprint density at radius 1 is 1.12 bits per heavy atom. The van der Waals surface area contributed by atoms with Gasteiger partial charge in [0.25, 0.3) is 5.88 Å². The summed E-state index contributed by atoms with van der Waals surface area (Å²) in [6.45, 7) is 1.97. The van der Waals surface area contributed by atoms with Crippen LogP contribution in [0.4, 0.5) is 15.0 Å². The van der Waals surface area contributed by atoms with Gasteiger partial charge in [-0.3, -0.25) is 5.32 Å². The molecule has 128 valence electrons. The van der Waals surface area contributed by atoms with Crippen LogP contribution in [0.1, 0.15) is 6.92 Å². The molecule has 0 radical (unpaired) electrons. The molecule has 0 saturated carbocycles. The predicted molar refractivity (Wildman–Crippen MR) is 90.8 cm³/mol. The lowest BCUT2D eigenvalue weighted by Crippen LogP contribution is -2.19. The van der Waals surface area contributed by atoms with E-state index >= 15 is 0 Å². The molecule has 0 aliphatic heterocycles. The van der Waals surface area contributed by atoms with Crippen molar-refractivity contribution in [1.29, 1.82) is 0 Å². The Balaban J connectivity index is 1.90. The van der Waals surface area contributed by atoms with E-state index in [1.165, 1.54) is 4.68 Å². The van der Waals surface area contributed by atoms with Gasteiger partial charge in [-0.05, 0) is 31.2 Å². The Labute approximate surface area is 143 Å². The molecule has 0 fully saturated rings. The molecule has 3 aromatic rings. The number of carbonyl (C=O) groups excluding carboxylic acids is 1. The zero-order valence-electron chi connectivity index (χ0n) is 13.5.